The van der Waals surface area contributed by atoms with Crippen molar-refractivity contribution in [1.29, 1.82) is 0 Å². The van der Waals surface area contributed by atoms with Crippen LogP contribution in [0, 0.1) is 27.7 Å². The monoisotopic (exact) mass is 308 g/mol. The maximum atomic E-state index is 12.4. The molecule has 3 rings (SSSR count). The van der Waals surface area contributed by atoms with Crippen molar-refractivity contribution in [2.24, 2.45) is 0 Å². The van der Waals surface area contributed by atoms with E-state index in [1.165, 1.54) is 0 Å². The number of nitrogens with zero attached hydrogens (tertiary/aromatic N) is 2. The normalized spacial score (nSPS) is 11.0. The molecule has 5 heteroatoms. The molecular weight excluding hydrogens is 288 g/mol. The fourth-order valence-electron chi connectivity index (χ4n) is 2.61. The molecule has 2 heterocycles. The number of H-pyrrole nitrogens is 1. The van der Waals surface area contributed by atoms with Crippen molar-refractivity contribution < 1.29 is 4.79 Å². The first-order valence-corrected chi connectivity index (χ1v) is 7.62. The molecule has 118 valence electrons. The van der Waals surface area contributed by atoms with Gasteiger partial charge in [0.1, 0.15) is 0 Å². The van der Waals surface area contributed by atoms with Gasteiger partial charge in [0.15, 0.2) is 0 Å². The van der Waals surface area contributed by atoms with Gasteiger partial charge in [-0.25, -0.2) is 9.97 Å². The summed E-state index contributed by atoms with van der Waals surface area (Å²) in [6.45, 7) is 8.37. The highest BCUT2D eigenvalue weighted by molar-refractivity contribution is 5.97. The second-order valence-electron chi connectivity index (χ2n) is 5.88. The number of carbonyl (C=O) groups is 1. The van der Waals surface area contributed by atoms with Crippen molar-refractivity contribution in [2.45, 2.75) is 34.2 Å². The van der Waals surface area contributed by atoms with Crippen LogP contribution in [0.5, 0.6) is 0 Å². The number of hydrogen-bond acceptors (Lipinski definition) is 3. The van der Waals surface area contributed by atoms with Gasteiger partial charge in [-0.05, 0) is 57.5 Å². The summed E-state index contributed by atoms with van der Waals surface area (Å²) in [6.07, 6.45) is 0. The Morgan fingerprint density at radius 2 is 1.74 bits per heavy atom. The van der Waals surface area contributed by atoms with E-state index in [-0.39, 0.29) is 5.91 Å². The number of fused-ring (bicyclic) bond motifs is 1. The van der Waals surface area contributed by atoms with Crippen LogP contribution in [-0.2, 0) is 6.54 Å². The van der Waals surface area contributed by atoms with Crippen LogP contribution in [0.2, 0.25) is 0 Å². The van der Waals surface area contributed by atoms with E-state index in [2.05, 4.69) is 20.3 Å². The zero-order valence-electron chi connectivity index (χ0n) is 13.8. The Hall–Kier alpha value is -2.69. The van der Waals surface area contributed by atoms with Gasteiger partial charge in [0.2, 0.25) is 0 Å². The third-order valence-electron chi connectivity index (χ3n) is 4.03. The molecule has 0 radical (unpaired) electrons. The summed E-state index contributed by atoms with van der Waals surface area (Å²) in [5, 5.41) is 2.95. The predicted molar refractivity (Wildman–Crippen MR) is 90.4 cm³/mol. The molecule has 5 nitrogen and oxygen atoms in total. The van der Waals surface area contributed by atoms with Crippen molar-refractivity contribution in [2.75, 3.05) is 0 Å². The van der Waals surface area contributed by atoms with E-state index in [1.807, 2.05) is 39.8 Å². The highest BCUT2D eigenvalue weighted by Gasteiger charge is 2.10. The second-order valence-corrected chi connectivity index (χ2v) is 5.88. The molecule has 0 saturated heterocycles. The lowest BCUT2D eigenvalue weighted by Gasteiger charge is -2.07. The molecule has 0 aliphatic heterocycles. The first-order chi connectivity index (χ1) is 10.9. The average Bonchev–Trinajstić information content (AvgIpc) is 2.83. The molecular formula is C18H20N4O. The van der Waals surface area contributed by atoms with Gasteiger partial charge in [-0.3, -0.25) is 4.79 Å². The third-order valence-corrected chi connectivity index (χ3v) is 4.03. The Morgan fingerprint density at radius 1 is 1.04 bits per heavy atom. The van der Waals surface area contributed by atoms with E-state index in [1.54, 1.807) is 12.1 Å². The highest BCUT2D eigenvalue weighted by atomic mass is 16.1. The molecule has 0 atom stereocenters. The third kappa shape index (κ3) is 3.08. The van der Waals surface area contributed by atoms with E-state index < -0.39 is 0 Å². The summed E-state index contributed by atoms with van der Waals surface area (Å²) >= 11 is 0. The zero-order valence-corrected chi connectivity index (χ0v) is 13.8. The Kier molecular flexibility index (Phi) is 3.86. The van der Waals surface area contributed by atoms with Crippen molar-refractivity contribution >= 4 is 16.9 Å². The summed E-state index contributed by atoms with van der Waals surface area (Å²) in [4.78, 5) is 24.6. The Labute approximate surface area is 135 Å². The molecule has 0 fully saturated rings. The van der Waals surface area contributed by atoms with Gasteiger partial charge in [0, 0.05) is 23.5 Å². The maximum absolute atomic E-state index is 12.4. The lowest BCUT2D eigenvalue weighted by Crippen LogP contribution is -2.22. The van der Waals surface area contributed by atoms with Crippen LogP contribution in [0.15, 0.2) is 24.3 Å². The first-order valence-electron chi connectivity index (χ1n) is 7.62. The molecule has 0 unspecified atom stereocenters. The van der Waals surface area contributed by atoms with Gasteiger partial charge in [0.05, 0.1) is 22.4 Å². The number of aromatic amines is 1. The molecule has 0 bridgehead atoms. The summed E-state index contributed by atoms with van der Waals surface area (Å²) in [7, 11) is 0. The lowest BCUT2D eigenvalue weighted by molar-refractivity contribution is 0.0951. The number of rotatable bonds is 3. The second kappa shape index (κ2) is 5.83. The summed E-state index contributed by atoms with van der Waals surface area (Å²) in [6, 6.07) is 7.47. The Morgan fingerprint density at radius 3 is 2.39 bits per heavy atom. The smallest absolute Gasteiger partial charge is 0.251 e. The number of aromatic nitrogens is 3. The number of carbonyl (C=O) groups excluding carboxylic acids is 1. The predicted octanol–water partition coefficient (Wildman–Crippen LogP) is 3.12. The van der Waals surface area contributed by atoms with Gasteiger partial charge in [-0.1, -0.05) is 0 Å². The Balaban J connectivity index is 1.80. The number of nitrogens with one attached hydrogen (secondary N) is 2. The van der Waals surface area contributed by atoms with Crippen LogP contribution in [-0.4, -0.2) is 20.9 Å². The van der Waals surface area contributed by atoms with Crippen molar-refractivity contribution in [3.05, 3.63) is 58.2 Å². The van der Waals surface area contributed by atoms with Gasteiger partial charge < -0.3 is 10.3 Å². The standard InChI is InChI=1S/C18H20N4O/c1-10-7-15(13(4)20-10)9-19-18(23)14-5-6-16-17(8-14)22-12(3)11(2)21-16/h5-8,20H,9H2,1-4H3,(H,19,23). The van der Waals surface area contributed by atoms with Crippen LogP contribution in [0.1, 0.15) is 38.7 Å². The quantitative estimate of drug-likeness (QED) is 0.781. The summed E-state index contributed by atoms with van der Waals surface area (Å²) < 4.78 is 0. The lowest BCUT2D eigenvalue weighted by atomic mass is 10.1. The zero-order chi connectivity index (χ0) is 16.6. The van der Waals surface area contributed by atoms with Crippen LogP contribution in [0.4, 0.5) is 0 Å². The molecule has 2 aromatic heterocycles. The van der Waals surface area contributed by atoms with Gasteiger partial charge in [0.25, 0.3) is 5.91 Å². The number of aryl methyl sites for hydroxylation is 4. The van der Waals surface area contributed by atoms with E-state index in [0.717, 1.165) is 39.4 Å². The van der Waals surface area contributed by atoms with Crippen LogP contribution < -0.4 is 5.32 Å². The van der Waals surface area contributed by atoms with E-state index >= 15 is 0 Å². The van der Waals surface area contributed by atoms with Crippen molar-refractivity contribution in [1.82, 2.24) is 20.3 Å². The fraction of sp³-hybridized carbons (Fsp3) is 0.278. The molecule has 0 aliphatic carbocycles. The Bertz CT molecular complexity index is 895. The number of hydrogen-bond donors (Lipinski definition) is 2. The van der Waals surface area contributed by atoms with E-state index in [0.29, 0.717) is 12.1 Å². The van der Waals surface area contributed by atoms with Crippen LogP contribution >= 0.6 is 0 Å². The number of benzene rings is 1. The molecule has 2 N–H and O–H groups in total. The highest BCUT2D eigenvalue weighted by Crippen LogP contribution is 2.15. The maximum Gasteiger partial charge on any atom is 0.251 e. The van der Waals surface area contributed by atoms with Crippen LogP contribution in [0.25, 0.3) is 11.0 Å². The minimum Gasteiger partial charge on any atom is -0.362 e. The molecule has 23 heavy (non-hydrogen) atoms. The molecule has 1 amide bonds. The first kappa shape index (κ1) is 15.2. The summed E-state index contributed by atoms with van der Waals surface area (Å²) in [5.74, 6) is -0.106. The molecule has 1 aromatic carbocycles. The van der Waals surface area contributed by atoms with E-state index in [4.69, 9.17) is 0 Å². The SMILES string of the molecule is Cc1cc(CNC(=O)c2ccc3nc(C)c(C)nc3c2)c(C)[nH]1. The van der Waals surface area contributed by atoms with Crippen molar-refractivity contribution in [3.63, 3.8) is 0 Å². The van der Waals surface area contributed by atoms with E-state index in [9.17, 15) is 4.79 Å². The average molecular weight is 308 g/mol. The fourth-order valence-corrected chi connectivity index (χ4v) is 2.61. The van der Waals surface area contributed by atoms with Gasteiger partial charge >= 0.3 is 0 Å². The minimum absolute atomic E-state index is 0.106. The van der Waals surface area contributed by atoms with Gasteiger partial charge in [-0.15, -0.1) is 0 Å². The molecule has 0 saturated carbocycles. The summed E-state index contributed by atoms with van der Waals surface area (Å²) in [5.41, 5.74) is 7.22. The molecule has 3 aromatic rings. The van der Waals surface area contributed by atoms with Crippen LogP contribution in [0.3, 0.4) is 0 Å². The minimum atomic E-state index is -0.106. The number of amides is 1. The topological polar surface area (TPSA) is 70.7 Å². The molecule has 0 spiro atoms. The molecule has 0 aliphatic rings. The largest absolute Gasteiger partial charge is 0.362 e. The van der Waals surface area contributed by atoms with Crippen molar-refractivity contribution in [3.8, 4) is 0 Å². The van der Waals surface area contributed by atoms with Gasteiger partial charge in [-0.2, -0.15) is 0 Å².